The van der Waals surface area contributed by atoms with Gasteiger partial charge in [-0.05, 0) is 72.4 Å². The summed E-state index contributed by atoms with van der Waals surface area (Å²) in [5.74, 6) is 0.754. The number of ether oxygens (including phenoxy) is 1. The Morgan fingerprint density at radius 1 is 1.00 bits per heavy atom. The molecule has 142 valence electrons. The smallest absolute Gasteiger partial charge is 0.319 e. The van der Waals surface area contributed by atoms with Crippen LogP contribution < -0.4 is 15.4 Å². The highest BCUT2D eigenvalue weighted by Gasteiger charge is 2.11. The average molecular weight is 373 g/mol. The van der Waals surface area contributed by atoms with E-state index < -0.39 is 0 Å². The molecule has 1 aliphatic rings. The van der Waals surface area contributed by atoms with E-state index in [9.17, 15) is 4.79 Å². The maximum atomic E-state index is 12.2. The van der Waals surface area contributed by atoms with Gasteiger partial charge in [0.1, 0.15) is 12.4 Å². The SMILES string of the molecule is O=C(NCc1cccc(OCc2ccccn2)c1)Nc1ccc2c(c1)CCC2. The number of carbonyl (C=O) groups excluding carboxylic acids is 1. The molecule has 0 saturated carbocycles. The van der Waals surface area contributed by atoms with E-state index in [1.807, 2.05) is 48.5 Å². The van der Waals surface area contributed by atoms with Crippen LogP contribution in [-0.2, 0) is 26.0 Å². The number of amides is 2. The Balaban J connectivity index is 1.29. The first kappa shape index (κ1) is 18.0. The van der Waals surface area contributed by atoms with Crippen LogP contribution in [0.25, 0.3) is 0 Å². The Bertz CT molecular complexity index is 957. The number of nitrogens with one attached hydrogen (secondary N) is 2. The molecule has 2 aromatic carbocycles. The predicted octanol–water partition coefficient (Wildman–Crippen LogP) is 4.47. The van der Waals surface area contributed by atoms with E-state index >= 15 is 0 Å². The maximum absolute atomic E-state index is 12.2. The minimum atomic E-state index is -0.210. The topological polar surface area (TPSA) is 63.2 Å². The van der Waals surface area contributed by atoms with Crippen LogP contribution in [0.1, 0.15) is 28.8 Å². The lowest BCUT2D eigenvalue weighted by atomic mass is 10.1. The third-order valence-corrected chi connectivity index (χ3v) is 4.82. The molecule has 0 aliphatic heterocycles. The highest BCUT2D eigenvalue weighted by Crippen LogP contribution is 2.24. The normalized spacial score (nSPS) is 12.3. The van der Waals surface area contributed by atoms with Crippen molar-refractivity contribution in [1.29, 1.82) is 0 Å². The fourth-order valence-corrected chi connectivity index (χ4v) is 3.39. The van der Waals surface area contributed by atoms with E-state index in [2.05, 4.69) is 27.8 Å². The van der Waals surface area contributed by atoms with Crippen molar-refractivity contribution in [3.63, 3.8) is 0 Å². The predicted molar refractivity (Wildman–Crippen MR) is 109 cm³/mol. The summed E-state index contributed by atoms with van der Waals surface area (Å²) in [4.78, 5) is 16.5. The molecule has 3 aromatic rings. The van der Waals surface area contributed by atoms with Gasteiger partial charge in [-0.25, -0.2) is 4.79 Å². The van der Waals surface area contributed by atoms with Crippen LogP contribution >= 0.6 is 0 Å². The van der Waals surface area contributed by atoms with Crippen LogP contribution in [0, 0.1) is 0 Å². The van der Waals surface area contributed by atoms with Crippen LogP contribution in [0.4, 0.5) is 10.5 Å². The Morgan fingerprint density at radius 3 is 2.82 bits per heavy atom. The Labute approximate surface area is 164 Å². The van der Waals surface area contributed by atoms with Crippen molar-refractivity contribution in [3.05, 3.63) is 89.2 Å². The molecule has 2 N–H and O–H groups in total. The third kappa shape index (κ3) is 4.68. The number of urea groups is 1. The fraction of sp³-hybridized carbons (Fsp3) is 0.217. The number of benzene rings is 2. The zero-order valence-electron chi connectivity index (χ0n) is 15.7. The second-order valence-electron chi connectivity index (χ2n) is 6.90. The number of hydrogen-bond acceptors (Lipinski definition) is 3. The minimum absolute atomic E-state index is 0.210. The third-order valence-electron chi connectivity index (χ3n) is 4.82. The average Bonchev–Trinajstić information content (AvgIpc) is 3.20. The molecular weight excluding hydrogens is 350 g/mol. The molecule has 5 nitrogen and oxygen atoms in total. The van der Waals surface area contributed by atoms with Gasteiger partial charge >= 0.3 is 6.03 Å². The quantitative estimate of drug-likeness (QED) is 0.670. The van der Waals surface area contributed by atoms with Gasteiger partial charge in [0.25, 0.3) is 0 Å². The number of carbonyl (C=O) groups is 1. The lowest BCUT2D eigenvalue weighted by Gasteiger charge is -2.11. The number of nitrogens with zero attached hydrogens (tertiary/aromatic N) is 1. The van der Waals surface area contributed by atoms with E-state index in [0.717, 1.165) is 35.5 Å². The van der Waals surface area contributed by atoms with Crippen molar-refractivity contribution < 1.29 is 9.53 Å². The fourth-order valence-electron chi connectivity index (χ4n) is 3.39. The van der Waals surface area contributed by atoms with E-state index in [4.69, 9.17) is 4.74 Å². The monoisotopic (exact) mass is 373 g/mol. The zero-order valence-corrected chi connectivity index (χ0v) is 15.7. The van der Waals surface area contributed by atoms with E-state index in [1.165, 1.54) is 17.5 Å². The van der Waals surface area contributed by atoms with Gasteiger partial charge in [0.15, 0.2) is 0 Å². The molecule has 0 atom stereocenters. The first-order chi connectivity index (χ1) is 13.8. The molecule has 28 heavy (non-hydrogen) atoms. The number of aryl methyl sites for hydroxylation is 2. The maximum Gasteiger partial charge on any atom is 0.319 e. The lowest BCUT2D eigenvalue weighted by Crippen LogP contribution is -2.28. The largest absolute Gasteiger partial charge is 0.487 e. The second-order valence-corrected chi connectivity index (χ2v) is 6.90. The van der Waals surface area contributed by atoms with Crippen molar-refractivity contribution in [3.8, 4) is 5.75 Å². The Kier molecular flexibility index (Phi) is 5.52. The van der Waals surface area contributed by atoms with Crippen LogP contribution in [-0.4, -0.2) is 11.0 Å². The molecule has 0 radical (unpaired) electrons. The Morgan fingerprint density at radius 2 is 1.93 bits per heavy atom. The van der Waals surface area contributed by atoms with Gasteiger partial charge in [0, 0.05) is 18.4 Å². The summed E-state index contributed by atoms with van der Waals surface area (Å²) in [7, 11) is 0. The van der Waals surface area contributed by atoms with Crippen molar-refractivity contribution in [2.75, 3.05) is 5.32 Å². The standard InChI is InChI=1S/C23H23N3O2/c27-23(26-20-11-10-18-6-4-7-19(18)14-20)25-15-17-5-3-9-22(13-17)28-16-21-8-1-2-12-24-21/h1-3,5,8-14H,4,6-7,15-16H2,(H2,25,26,27). The molecule has 1 aliphatic carbocycles. The van der Waals surface area contributed by atoms with Crippen molar-refractivity contribution in [1.82, 2.24) is 10.3 Å². The van der Waals surface area contributed by atoms with E-state index in [1.54, 1.807) is 6.20 Å². The van der Waals surface area contributed by atoms with Crippen LogP contribution in [0.2, 0.25) is 0 Å². The highest BCUT2D eigenvalue weighted by molar-refractivity contribution is 5.89. The van der Waals surface area contributed by atoms with Crippen LogP contribution in [0.15, 0.2) is 66.9 Å². The van der Waals surface area contributed by atoms with Gasteiger partial charge in [-0.15, -0.1) is 0 Å². The van der Waals surface area contributed by atoms with Gasteiger partial charge in [0.2, 0.25) is 0 Å². The summed E-state index contributed by atoms with van der Waals surface area (Å²) < 4.78 is 5.79. The summed E-state index contributed by atoms with van der Waals surface area (Å²) in [5, 5.41) is 5.81. The number of rotatable bonds is 6. The number of hydrogen-bond donors (Lipinski definition) is 2. The number of pyridine rings is 1. The molecule has 5 heteroatoms. The number of aromatic nitrogens is 1. The molecule has 1 heterocycles. The molecule has 0 spiro atoms. The van der Waals surface area contributed by atoms with Gasteiger partial charge in [-0.2, -0.15) is 0 Å². The molecule has 2 amide bonds. The van der Waals surface area contributed by atoms with Gasteiger partial charge in [0.05, 0.1) is 5.69 Å². The summed E-state index contributed by atoms with van der Waals surface area (Å²) in [6, 6.07) is 19.4. The van der Waals surface area contributed by atoms with Gasteiger partial charge in [-0.1, -0.05) is 24.3 Å². The highest BCUT2D eigenvalue weighted by atomic mass is 16.5. The first-order valence-electron chi connectivity index (χ1n) is 9.54. The molecule has 4 rings (SSSR count). The summed E-state index contributed by atoms with van der Waals surface area (Å²) in [6.07, 6.45) is 5.18. The summed E-state index contributed by atoms with van der Waals surface area (Å²) in [5.41, 5.74) is 5.43. The molecule has 0 bridgehead atoms. The first-order valence-corrected chi connectivity index (χ1v) is 9.54. The molecule has 0 saturated heterocycles. The van der Waals surface area contributed by atoms with Gasteiger partial charge in [-0.3, -0.25) is 4.98 Å². The number of fused-ring (bicyclic) bond motifs is 1. The Hall–Kier alpha value is -3.34. The van der Waals surface area contributed by atoms with Crippen LogP contribution in [0.3, 0.4) is 0 Å². The van der Waals surface area contributed by atoms with E-state index in [0.29, 0.717) is 13.2 Å². The van der Waals surface area contributed by atoms with E-state index in [-0.39, 0.29) is 6.03 Å². The zero-order chi connectivity index (χ0) is 19.2. The van der Waals surface area contributed by atoms with Gasteiger partial charge < -0.3 is 15.4 Å². The molecule has 0 fully saturated rings. The molecular formula is C23H23N3O2. The number of anilines is 1. The molecule has 0 unspecified atom stereocenters. The summed E-state index contributed by atoms with van der Waals surface area (Å²) in [6.45, 7) is 0.841. The lowest BCUT2D eigenvalue weighted by molar-refractivity contribution is 0.251. The van der Waals surface area contributed by atoms with Crippen molar-refractivity contribution in [2.45, 2.75) is 32.4 Å². The minimum Gasteiger partial charge on any atom is -0.487 e. The van der Waals surface area contributed by atoms with Crippen molar-refractivity contribution in [2.24, 2.45) is 0 Å². The summed E-state index contributed by atoms with van der Waals surface area (Å²) >= 11 is 0. The second kappa shape index (κ2) is 8.57. The van der Waals surface area contributed by atoms with Crippen LogP contribution in [0.5, 0.6) is 5.75 Å². The molecule has 1 aromatic heterocycles. The van der Waals surface area contributed by atoms with Crippen molar-refractivity contribution >= 4 is 11.7 Å².